The van der Waals surface area contributed by atoms with Gasteiger partial charge in [0.25, 0.3) is 0 Å². The van der Waals surface area contributed by atoms with Crippen molar-refractivity contribution in [1.82, 2.24) is 10.2 Å². The molecule has 0 bridgehead atoms. The van der Waals surface area contributed by atoms with Gasteiger partial charge in [-0.3, -0.25) is 4.99 Å². The molecule has 6 heteroatoms. The van der Waals surface area contributed by atoms with Gasteiger partial charge in [-0.15, -0.1) is 0 Å². The quantitative estimate of drug-likeness (QED) is 0.451. The van der Waals surface area contributed by atoms with Gasteiger partial charge in [-0.05, 0) is 37.8 Å². The summed E-state index contributed by atoms with van der Waals surface area (Å²) >= 11 is 0. The van der Waals surface area contributed by atoms with Gasteiger partial charge in [-0.2, -0.15) is 0 Å². The zero-order chi connectivity index (χ0) is 18.9. The number of aryl methyl sites for hydroxylation is 1. The smallest absolute Gasteiger partial charge is 0.194 e. The molecule has 2 heterocycles. The third-order valence-electron chi connectivity index (χ3n) is 5.06. The van der Waals surface area contributed by atoms with Gasteiger partial charge in [-0.25, -0.2) is 0 Å². The molecule has 2 saturated heterocycles. The maximum absolute atomic E-state index is 6.04. The van der Waals surface area contributed by atoms with Crippen LogP contribution in [0.25, 0.3) is 0 Å². The maximum atomic E-state index is 6.04. The van der Waals surface area contributed by atoms with E-state index in [9.17, 15) is 0 Å². The van der Waals surface area contributed by atoms with Crippen LogP contribution in [0.4, 0.5) is 0 Å². The summed E-state index contributed by atoms with van der Waals surface area (Å²) in [5.41, 5.74) is 2.53. The molecule has 2 unspecified atom stereocenters. The summed E-state index contributed by atoms with van der Waals surface area (Å²) < 4.78 is 17.4. The van der Waals surface area contributed by atoms with Gasteiger partial charge in [0.05, 0.1) is 39.0 Å². The van der Waals surface area contributed by atoms with E-state index >= 15 is 0 Å². The maximum Gasteiger partial charge on any atom is 0.194 e. The van der Waals surface area contributed by atoms with Gasteiger partial charge in [0.2, 0.25) is 0 Å². The van der Waals surface area contributed by atoms with E-state index in [4.69, 9.17) is 19.2 Å². The second-order valence-corrected chi connectivity index (χ2v) is 7.11. The number of hydrogen-bond donors (Lipinski definition) is 1. The molecule has 0 aliphatic carbocycles. The first-order valence-corrected chi connectivity index (χ1v) is 10.2. The number of ether oxygens (including phenoxy) is 3. The highest BCUT2D eigenvalue weighted by atomic mass is 16.5. The van der Waals surface area contributed by atoms with Crippen molar-refractivity contribution < 1.29 is 14.2 Å². The van der Waals surface area contributed by atoms with Crippen molar-refractivity contribution in [2.24, 2.45) is 4.99 Å². The minimum atomic E-state index is 0.0829. The van der Waals surface area contributed by atoms with Gasteiger partial charge in [-0.1, -0.05) is 24.3 Å². The van der Waals surface area contributed by atoms with Crippen molar-refractivity contribution in [3.05, 3.63) is 35.4 Å². The number of nitrogens with zero attached hydrogens (tertiary/aromatic N) is 2. The molecule has 1 aromatic carbocycles. The van der Waals surface area contributed by atoms with Crippen molar-refractivity contribution in [2.45, 2.75) is 38.9 Å². The molecule has 2 aliphatic rings. The number of benzene rings is 1. The topological polar surface area (TPSA) is 55.3 Å². The second kappa shape index (κ2) is 10.6. The Morgan fingerprint density at radius 1 is 1.30 bits per heavy atom. The predicted octanol–water partition coefficient (Wildman–Crippen LogP) is 2.53. The summed E-state index contributed by atoms with van der Waals surface area (Å²) in [7, 11) is 0. The molecule has 0 saturated carbocycles. The third-order valence-corrected chi connectivity index (χ3v) is 5.06. The fourth-order valence-corrected chi connectivity index (χ4v) is 3.61. The van der Waals surface area contributed by atoms with Crippen LogP contribution in [0, 0.1) is 6.92 Å². The molecule has 0 spiro atoms. The van der Waals surface area contributed by atoms with Crippen molar-refractivity contribution in [1.29, 1.82) is 0 Å². The summed E-state index contributed by atoms with van der Waals surface area (Å²) in [4.78, 5) is 7.06. The van der Waals surface area contributed by atoms with E-state index in [1.807, 2.05) is 0 Å². The van der Waals surface area contributed by atoms with Crippen LogP contribution in [0.1, 0.15) is 37.0 Å². The Bertz CT molecular complexity index is 602. The molecule has 2 atom stereocenters. The molecular formula is C21H33N3O3. The Morgan fingerprint density at radius 2 is 2.19 bits per heavy atom. The zero-order valence-corrected chi connectivity index (χ0v) is 16.7. The minimum Gasteiger partial charge on any atom is -0.377 e. The highest BCUT2D eigenvalue weighted by Crippen LogP contribution is 2.25. The molecule has 150 valence electrons. The van der Waals surface area contributed by atoms with Crippen LogP contribution in [0.15, 0.2) is 29.3 Å². The van der Waals surface area contributed by atoms with Crippen LogP contribution in [-0.4, -0.2) is 69.6 Å². The molecule has 0 aromatic heterocycles. The van der Waals surface area contributed by atoms with Gasteiger partial charge in [0, 0.05) is 19.7 Å². The van der Waals surface area contributed by atoms with E-state index in [1.165, 1.54) is 11.1 Å². The lowest BCUT2D eigenvalue weighted by molar-refractivity contribution is -0.00848. The van der Waals surface area contributed by atoms with Crippen LogP contribution < -0.4 is 5.32 Å². The van der Waals surface area contributed by atoms with Gasteiger partial charge < -0.3 is 24.4 Å². The Hall–Kier alpha value is -1.63. The highest BCUT2D eigenvalue weighted by Gasteiger charge is 2.25. The van der Waals surface area contributed by atoms with Gasteiger partial charge in [0.1, 0.15) is 6.10 Å². The lowest BCUT2D eigenvalue weighted by Crippen LogP contribution is -2.48. The van der Waals surface area contributed by atoms with E-state index in [1.54, 1.807) is 0 Å². The zero-order valence-electron chi connectivity index (χ0n) is 16.7. The molecule has 27 heavy (non-hydrogen) atoms. The van der Waals surface area contributed by atoms with Gasteiger partial charge >= 0.3 is 0 Å². The average molecular weight is 376 g/mol. The molecule has 3 rings (SSSR count). The van der Waals surface area contributed by atoms with E-state index < -0.39 is 0 Å². The Balaban J connectivity index is 1.52. The van der Waals surface area contributed by atoms with Gasteiger partial charge in [0.15, 0.2) is 5.96 Å². The lowest BCUT2D eigenvalue weighted by atomic mass is 10.0. The Labute approximate surface area is 162 Å². The summed E-state index contributed by atoms with van der Waals surface area (Å²) in [6, 6.07) is 8.45. The van der Waals surface area contributed by atoms with Crippen LogP contribution in [0.5, 0.6) is 0 Å². The fraction of sp³-hybridized carbons (Fsp3) is 0.667. The molecule has 6 nitrogen and oxygen atoms in total. The lowest BCUT2D eigenvalue weighted by Gasteiger charge is -2.35. The van der Waals surface area contributed by atoms with E-state index in [-0.39, 0.29) is 12.2 Å². The van der Waals surface area contributed by atoms with Crippen molar-refractivity contribution in [3.63, 3.8) is 0 Å². The van der Waals surface area contributed by atoms with Crippen LogP contribution in [0.2, 0.25) is 0 Å². The average Bonchev–Trinajstić information content (AvgIpc) is 3.21. The largest absolute Gasteiger partial charge is 0.377 e. The summed E-state index contributed by atoms with van der Waals surface area (Å²) in [6.07, 6.45) is 2.62. The van der Waals surface area contributed by atoms with E-state index in [0.717, 1.165) is 45.0 Å². The molecule has 2 fully saturated rings. The van der Waals surface area contributed by atoms with E-state index in [0.29, 0.717) is 26.4 Å². The summed E-state index contributed by atoms with van der Waals surface area (Å²) in [5, 5.41) is 3.41. The first-order valence-electron chi connectivity index (χ1n) is 10.2. The van der Waals surface area contributed by atoms with Crippen LogP contribution in [-0.2, 0) is 14.2 Å². The number of morpholine rings is 1. The number of aliphatic imine (C=N–C) groups is 1. The molecule has 0 amide bonds. The normalized spacial score (nSPS) is 23.6. The van der Waals surface area contributed by atoms with Crippen molar-refractivity contribution in [3.8, 4) is 0 Å². The standard InChI is InChI=1S/C21H33N3O3/c1-3-22-21(23-10-13-25-16-18-8-6-12-26-18)24-11-14-27-20(15-24)19-9-5-4-7-17(19)2/h4-5,7,9,18,20H,3,6,8,10-16H2,1-2H3,(H,22,23). The molecular weight excluding hydrogens is 342 g/mol. The SMILES string of the molecule is CCNC(=NCCOCC1CCCO1)N1CCOC(c2ccccc2C)C1. The number of rotatable bonds is 7. The number of guanidine groups is 1. The first kappa shape index (κ1) is 20.1. The highest BCUT2D eigenvalue weighted by molar-refractivity contribution is 5.80. The van der Waals surface area contributed by atoms with Crippen LogP contribution in [0.3, 0.4) is 0 Å². The second-order valence-electron chi connectivity index (χ2n) is 7.11. The third kappa shape index (κ3) is 5.92. The monoisotopic (exact) mass is 375 g/mol. The Kier molecular flexibility index (Phi) is 7.93. The molecule has 0 radical (unpaired) electrons. The van der Waals surface area contributed by atoms with Crippen LogP contribution >= 0.6 is 0 Å². The molecule has 2 aliphatic heterocycles. The number of hydrogen-bond acceptors (Lipinski definition) is 4. The Morgan fingerprint density at radius 3 is 2.96 bits per heavy atom. The predicted molar refractivity (Wildman–Crippen MR) is 107 cm³/mol. The fourth-order valence-electron chi connectivity index (χ4n) is 3.61. The van der Waals surface area contributed by atoms with Crippen molar-refractivity contribution >= 4 is 5.96 Å². The molecule has 1 N–H and O–H groups in total. The summed E-state index contributed by atoms with van der Waals surface area (Å²) in [6.45, 7) is 10.3. The number of nitrogens with one attached hydrogen (secondary N) is 1. The van der Waals surface area contributed by atoms with E-state index in [2.05, 4.69) is 48.3 Å². The minimum absolute atomic E-state index is 0.0829. The first-order chi connectivity index (χ1) is 13.3. The van der Waals surface area contributed by atoms with Crippen molar-refractivity contribution in [2.75, 3.05) is 52.6 Å². The molecule has 1 aromatic rings. The summed E-state index contributed by atoms with van der Waals surface area (Å²) in [5.74, 6) is 0.945.